The van der Waals surface area contributed by atoms with Crippen LogP contribution in [0.4, 0.5) is 0 Å². The number of fused-ring (bicyclic) bond motifs is 3. The number of hydrogen-bond acceptors (Lipinski definition) is 3. The monoisotopic (exact) mass is 202 g/mol. The van der Waals surface area contributed by atoms with Gasteiger partial charge in [0.25, 0.3) is 5.56 Å². The van der Waals surface area contributed by atoms with Gasteiger partial charge in [-0.25, -0.2) is 4.98 Å². The second-order valence-electron chi connectivity index (χ2n) is 3.03. The fraction of sp³-hybridized carbons (Fsp3) is 0. The number of H-pyrrole nitrogens is 1. The first-order chi connectivity index (χ1) is 6.86. The topological polar surface area (TPSA) is 45.8 Å². The van der Waals surface area contributed by atoms with Crippen LogP contribution in [0.2, 0.25) is 0 Å². The van der Waals surface area contributed by atoms with Gasteiger partial charge < -0.3 is 4.98 Å². The Morgan fingerprint density at radius 3 is 3.07 bits per heavy atom. The zero-order chi connectivity index (χ0) is 9.54. The first kappa shape index (κ1) is 7.70. The lowest BCUT2D eigenvalue weighted by molar-refractivity contribution is 1.35. The summed E-state index contributed by atoms with van der Waals surface area (Å²) in [6.45, 7) is 0. The molecule has 0 atom stereocenters. The molecule has 14 heavy (non-hydrogen) atoms. The third-order valence-corrected chi connectivity index (χ3v) is 3.03. The number of nitrogens with zero attached hydrogens (tertiary/aromatic N) is 1. The minimum atomic E-state index is -0.0544. The Hall–Kier alpha value is -1.68. The van der Waals surface area contributed by atoms with E-state index in [1.165, 1.54) is 11.3 Å². The maximum atomic E-state index is 11.6. The highest BCUT2D eigenvalue weighted by atomic mass is 32.1. The molecule has 0 saturated carbocycles. The number of pyridine rings is 1. The van der Waals surface area contributed by atoms with Crippen molar-refractivity contribution < 1.29 is 0 Å². The van der Waals surface area contributed by atoms with Crippen molar-refractivity contribution in [2.24, 2.45) is 0 Å². The van der Waals surface area contributed by atoms with Gasteiger partial charge in [0.2, 0.25) is 0 Å². The average molecular weight is 202 g/mol. The lowest BCUT2D eigenvalue weighted by Crippen LogP contribution is -2.04. The highest BCUT2D eigenvalue weighted by Crippen LogP contribution is 2.21. The molecule has 0 aliphatic heterocycles. The van der Waals surface area contributed by atoms with E-state index in [2.05, 4.69) is 9.97 Å². The summed E-state index contributed by atoms with van der Waals surface area (Å²) >= 11 is 1.37. The molecule has 2 aromatic heterocycles. The average Bonchev–Trinajstić information content (AvgIpc) is 2.67. The van der Waals surface area contributed by atoms with Crippen LogP contribution >= 0.6 is 11.3 Å². The Bertz CT molecular complexity index is 668. The Morgan fingerprint density at radius 2 is 2.14 bits per heavy atom. The molecule has 1 aromatic carbocycles. The summed E-state index contributed by atoms with van der Waals surface area (Å²) in [6, 6.07) is 7.69. The molecular formula is C10H6N2OS. The van der Waals surface area contributed by atoms with Crippen LogP contribution in [0.15, 0.2) is 34.6 Å². The fourth-order valence-corrected chi connectivity index (χ4v) is 2.27. The second-order valence-corrected chi connectivity index (χ2v) is 3.88. The number of rotatable bonds is 0. The molecule has 0 saturated heterocycles. The summed E-state index contributed by atoms with van der Waals surface area (Å²) in [5.41, 5.74) is 3.29. The second kappa shape index (κ2) is 2.65. The Morgan fingerprint density at radius 1 is 1.29 bits per heavy atom. The highest BCUT2D eigenvalue weighted by molar-refractivity contribution is 7.16. The first-order valence-electron chi connectivity index (χ1n) is 4.20. The van der Waals surface area contributed by atoms with Gasteiger partial charge in [0, 0.05) is 5.39 Å². The van der Waals surface area contributed by atoms with E-state index in [1.54, 1.807) is 5.51 Å². The molecule has 0 spiro atoms. The molecular weight excluding hydrogens is 196 g/mol. The van der Waals surface area contributed by atoms with Crippen LogP contribution in [0, 0.1) is 0 Å². The Labute approximate surface area is 83.0 Å². The normalized spacial score (nSPS) is 11.1. The van der Waals surface area contributed by atoms with E-state index in [-0.39, 0.29) is 5.56 Å². The smallest absolute Gasteiger partial charge is 0.268 e. The molecule has 0 radical (unpaired) electrons. The van der Waals surface area contributed by atoms with Crippen molar-refractivity contribution in [3.8, 4) is 0 Å². The standard InChI is InChI=1S/C10H6N2OS/c13-10-9-8(11-5-14-9)6-3-1-2-4-7(6)12-10/h1-5H,(H,12,13). The molecule has 2 heterocycles. The molecule has 4 heteroatoms. The maximum absolute atomic E-state index is 11.6. The number of thiazole rings is 1. The molecule has 0 unspecified atom stereocenters. The van der Waals surface area contributed by atoms with Gasteiger partial charge in [-0.2, -0.15) is 0 Å². The van der Waals surface area contributed by atoms with E-state index >= 15 is 0 Å². The zero-order valence-corrected chi connectivity index (χ0v) is 7.97. The fourth-order valence-electron chi connectivity index (χ4n) is 1.58. The van der Waals surface area contributed by atoms with Crippen LogP contribution in [0.1, 0.15) is 0 Å². The van der Waals surface area contributed by atoms with Gasteiger partial charge in [0.05, 0.1) is 16.5 Å². The zero-order valence-electron chi connectivity index (χ0n) is 7.15. The molecule has 1 N–H and O–H groups in total. The molecule has 0 aliphatic rings. The predicted molar refractivity (Wildman–Crippen MR) is 57.7 cm³/mol. The van der Waals surface area contributed by atoms with Crippen LogP contribution in [0.5, 0.6) is 0 Å². The third-order valence-electron chi connectivity index (χ3n) is 2.20. The van der Waals surface area contributed by atoms with Gasteiger partial charge in [0.1, 0.15) is 4.70 Å². The molecule has 0 fully saturated rings. The lowest BCUT2D eigenvalue weighted by Gasteiger charge is -1.96. The van der Waals surface area contributed by atoms with E-state index in [0.29, 0.717) is 4.70 Å². The van der Waals surface area contributed by atoms with Crippen molar-refractivity contribution in [3.63, 3.8) is 0 Å². The van der Waals surface area contributed by atoms with Crippen LogP contribution in [-0.2, 0) is 0 Å². The largest absolute Gasteiger partial charge is 0.321 e. The van der Waals surface area contributed by atoms with Gasteiger partial charge in [-0.3, -0.25) is 4.79 Å². The lowest BCUT2D eigenvalue weighted by atomic mass is 10.2. The van der Waals surface area contributed by atoms with E-state index < -0.39 is 0 Å². The number of aromatic amines is 1. The van der Waals surface area contributed by atoms with Gasteiger partial charge >= 0.3 is 0 Å². The number of nitrogens with one attached hydrogen (secondary N) is 1. The Kier molecular flexibility index (Phi) is 1.46. The minimum Gasteiger partial charge on any atom is -0.321 e. The highest BCUT2D eigenvalue weighted by Gasteiger charge is 2.05. The predicted octanol–water partition coefficient (Wildman–Crippen LogP) is 2.14. The Balaban J connectivity index is 2.73. The van der Waals surface area contributed by atoms with Crippen LogP contribution < -0.4 is 5.56 Å². The summed E-state index contributed by atoms with van der Waals surface area (Å²) in [7, 11) is 0. The summed E-state index contributed by atoms with van der Waals surface area (Å²) in [5, 5.41) is 1.00. The first-order valence-corrected chi connectivity index (χ1v) is 5.08. The van der Waals surface area contributed by atoms with Crippen molar-refractivity contribution in [1.82, 2.24) is 9.97 Å². The quantitative estimate of drug-likeness (QED) is 0.607. The van der Waals surface area contributed by atoms with Crippen molar-refractivity contribution in [3.05, 3.63) is 40.1 Å². The SMILES string of the molecule is O=c1[nH]c2ccccc2c2ncsc12. The number of hydrogen-bond donors (Lipinski definition) is 1. The summed E-state index contributed by atoms with van der Waals surface area (Å²) in [6.07, 6.45) is 0. The van der Waals surface area contributed by atoms with Gasteiger partial charge in [-0.15, -0.1) is 11.3 Å². The van der Waals surface area contributed by atoms with Gasteiger partial charge in [0.15, 0.2) is 0 Å². The molecule has 68 valence electrons. The molecule has 3 rings (SSSR count). The van der Waals surface area contributed by atoms with E-state index in [0.717, 1.165) is 16.4 Å². The summed E-state index contributed by atoms with van der Waals surface area (Å²) < 4.78 is 0.698. The number of aromatic nitrogens is 2. The van der Waals surface area contributed by atoms with Crippen LogP contribution in [0.25, 0.3) is 21.1 Å². The minimum absolute atomic E-state index is 0.0544. The molecule has 3 aromatic rings. The van der Waals surface area contributed by atoms with E-state index in [1.807, 2.05) is 24.3 Å². The number of benzene rings is 1. The summed E-state index contributed by atoms with van der Waals surface area (Å²) in [5.74, 6) is 0. The maximum Gasteiger partial charge on any atom is 0.268 e. The van der Waals surface area contributed by atoms with Crippen molar-refractivity contribution in [2.45, 2.75) is 0 Å². The van der Waals surface area contributed by atoms with Crippen molar-refractivity contribution >= 4 is 32.5 Å². The van der Waals surface area contributed by atoms with E-state index in [9.17, 15) is 4.79 Å². The molecule has 0 amide bonds. The third kappa shape index (κ3) is 0.914. The van der Waals surface area contributed by atoms with E-state index in [4.69, 9.17) is 0 Å². The van der Waals surface area contributed by atoms with Gasteiger partial charge in [-0.1, -0.05) is 18.2 Å². The molecule has 0 aliphatic carbocycles. The summed E-state index contributed by atoms with van der Waals surface area (Å²) in [4.78, 5) is 18.6. The van der Waals surface area contributed by atoms with Crippen LogP contribution in [0.3, 0.4) is 0 Å². The molecule has 3 nitrogen and oxygen atoms in total. The van der Waals surface area contributed by atoms with Crippen molar-refractivity contribution in [1.29, 1.82) is 0 Å². The van der Waals surface area contributed by atoms with Crippen molar-refractivity contribution in [2.75, 3.05) is 0 Å². The van der Waals surface area contributed by atoms with Gasteiger partial charge in [-0.05, 0) is 6.07 Å². The molecule has 0 bridgehead atoms. The van der Waals surface area contributed by atoms with Crippen LogP contribution in [-0.4, -0.2) is 9.97 Å². The number of para-hydroxylation sites is 1.